The van der Waals surface area contributed by atoms with Crippen molar-refractivity contribution in [2.45, 2.75) is 91.7 Å². The molecule has 0 saturated heterocycles. The van der Waals surface area contributed by atoms with Crippen molar-refractivity contribution in [3.05, 3.63) is 58.7 Å². The molecule has 2 rings (SSSR count). The van der Waals surface area contributed by atoms with Crippen molar-refractivity contribution >= 4 is 0 Å². The van der Waals surface area contributed by atoms with Gasteiger partial charge in [0.2, 0.25) is 0 Å². The molecule has 5 unspecified atom stereocenters. The SMILES string of the molecule is Cc1cc(C(C)(C)c2ccc(OC(O)OC(C)COCC(COCC(C)O)(COCC(C)O)COCC(C)O)c(C)c2)ccc1O. The zero-order valence-electron chi connectivity index (χ0n) is 28.7. The first-order valence-electron chi connectivity index (χ1n) is 15.8. The molecule has 0 fully saturated rings. The molecule has 0 amide bonds. The van der Waals surface area contributed by atoms with E-state index < -0.39 is 36.3 Å². The Kier molecular flexibility index (Phi) is 16.4. The number of hydrogen-bond donors (Lipinski definition) is 5. The number of phenolic OH excluding ortho intramolecular Hbond substituents is 1. The van der Waals surface area contributed by atoms with Crippen LogP contribution in [0.2, 0.25) is 0 Å². The molecule has 0 aliphatic carbocycles. The Morgan fingerprint density at radius 1 is 0.630 bits per heavy atom. The van der Waals surface area contributed by atoms with Crippen LogP contribution in [-0.4, -0.2) is 109 Å². The van der Waals surface area contributed by atoms with E-state index in [-0.39, 0.29) is 64.0 Å². The lowest BCUT2D eigenvalue weighted by Gasteiger charge is -2.34. The van der Waals surface area contributed by atoms with Crippen molar-refractivity contribution in [3.63, 3.8) is 0 Å². The number of aromatic hydroxyl groups is 1. The van der Waals surface area contributed by atoms with E-state index in [0.717, 1.165) is 22.3 Å². The van der Waals surface area contributed by atoms with Crippen LogP contribution in [0.15, 0.2) is 36.4 Å². The van der Waals surface area contributed by atoms with Gasteiger partial charge in [0.05, 0.1) is 82.7 Å². The summed E-state index contributed by atoms with van der Waals surface area (Å²) in [5.74, 6) is 0.736. The van der Waals surface area contributed by atoms with Crippen molar-refractivity contribution in [1.29, 1.82) is 0 Å². The molecule has 0 aliphatic heterocycles. The van der Waals surface area contributed by atoms with Crippen LogP contribution in [0.5, 0.6) is 11.5 Å². The highest BCUT2D eigenvalue weighted by atomic mass is 16.8. The minimum atomic E-state index is -1.54. The number of ether oxygens (including phenoxy) is 6. The molecule has 262 valence electrons. The van der Waals surface area contributed by atoms with Crippen molar-refractivity contribution in [2.75, 3.05) is 52.9 Å². The van der Waals surface area contributed by atoms with Gasteiger partial charge in [0.15, 0.2) is 0 Å². The van der Waals surface area contributed by atoms with Crippen LogP contribution in [-0.2, 0) is 29.1 Å². The van der Waals surface area contributed by atoms with Crippen molar-refractivity contribution in [3.8, 4) is 11.5 Å². The van der Waals surface area contributed by atoms with Gasteiger partial charge in [-0.25, -0.2) is 0 Å². The summed E-state index contributed by atoms with van der Waals surface area (Å²) in [7, 11) is 0. The Hall–Kier alpha value is -2.32. The minimum Gasteiger partial charge on any atom is -0.508 e. The molecule has 2 aromatic carbocycles. The number of aliphatic hydroxyl groups is 4. The van der Waals surface area contributed by atoms with Crippen LogP contribution in [0.25, 0.3) is 0 Å². The largest absolute Gasteiger partial charge is 0.508 e. The molecule has 0 radical (unpaired) electrons. The number of rotatable bonds is 22. The van der Waals surface area contributed by atoms with Gasteiger partial charge in [0.1, 0.15) is 11.5 Å². The van der Waals surface area contributed by atoms with Crippen LogP contribution in [0, 0.1) is 19.3 Å². The van der Waals surface area contributed by atoms with Gasteiger partial charge in [-0.05, 0) is 75.9 Å². The zero-order chi connectivity index (χ0) is 34.5. The molecule has 46 heavy (non-hydrogen) atoms. The normalized spacial score (nSPS) is 16.8. The Morgan fingerprint density at radius 3 is 1.50 bits per heavy atom. The predicted molar refractivity (Wildman–Crippen MR) is 174 cm³/mol. The Bertz CT molecular complexity index is 1130. The smallest absolute Gasteiger partial charge is 0.313 e. The first-order chi connectivity index (χ1) is 21.5. The van der Waals surface area contributed by atoms with Gasteiger partial charge in [0.25, 0.3) is 0 Å². The van der Waals surface area contributed by atoms with Gasteiger partial charge in [-0.15, -0.1) is 0 Å². The molecule has 0 bridgehead atoms. The summed E-state index contributed by atoms with van der Waals surface area (Å²) in [5, 5.41) is 49.5. The lowest BCUT2D eigenvalue weighted by Crippen LogP contribution is -2.44. The molecule has 2 aromatic rings. The molecule has 11 nitrogen and oxygen atoms in total. The van der Waals surface area contributed by atoms with Crippen LogP contribution in [0.1, 0.15) is 63.8 Å². The fraction of sp³-hybridized carbons (Fsp3) is 0.657. The van der Waals surface area contributed by atoms with Gasteiger partial charge < -0.3 is 54.0 Å². The second-order valence-corrected chi connectivity index (χ2v) is 13.1. The molecule has 11 heteroatoms. The third-order valence-corrected chi connectivity index (χ3v) is 7.45. The summed E-state index contributed by atoms with van der Waals surface area (Å²) in [6.45, 7) is 14.0. The molecule has 0 saturated carbocycles. The van der Waals surface area contributed by atoms with E-state index in [0.29, 0.717) is 5.75 Å². The highest BCUT2D eigenvalue weighted by Gasteiger charge is 2.33. The topological polar surface area (TPSA) is 157 Å². The Morgan fingerprint density at radius 2 is 1.07 bits per heavy atom. The van der Waals surface area contributed by atoms with Crippen LogP contribution >= 0.6 is 0 Å². The monoisotopic (exact) mass is 652 g/mol. The first kappa shape index (κ1) is 39.9. The molecule has 0 aromatic heterocycles. The maximum Gasteiger partial charge on any atom is 0.313 e. The molecule has 0 heterocycles. The highest BCUT2D eigenvalue weighted by molar-refractivity contribution is 5.46. The van der Waals surface area contributed by atoms with Crippen molar-refractivity contribution < 1.29 is 54.0 Å². The van der Waals surface area contributed by atoms with Gasteiger partial charge in [-0.3, -0.25) is 0 Å². The maximum absolute atomic E-state index is 10.6. The third kappa shape index (κ3) is 13.4. The molecule has 5 N–H and O–H groups in total. The molecule has 0 aliphatic rings. The van der Waals surface area contributed by atoms with E-state index in [1.807, 2.05) is 38.1 Å². The second-order valence-electron chi connectivity index (χ2n) is 13.1. The van der Waals surface area contributed by atoms with E-state index in [2.05, 4.69) is 13.8 Å². The number of aryl methyl sites for hydroxylation is 2. The quantitative estimate of drug-likeness (QED) is 0.119. The standard InChI is InChI=1S/C35H56O11/c1-23-13-29(9-11-31(23)39)34(7,8)30-10-12-32(24(2)14-30)46-33(40)45-28(6)18-44-22-35(19-41-15-25(3)36,20-42-16-26(4)37)21-43-17-27(5)38/h9-14,25-28,33,36-40H,15-22H2,1-8H3. The lowest BCUT2D eigenvalue weighted by molar-refractivity contribution is -0.245. The highest BCUT2D eigenvalue weighted by Crippen LogP contribution is 2.36. The number of benzene rings is 2. The van der Waals surface area contributed by atoms with E-state index in [1.54, 1.807) is 39.8 Å². The third-order valence-electron chi connectivity index (χ3n) is 7.45. The lowest BCUT2D eigenvalue weighted by atomic mass is 9.77. The Balaban J connectivity index is 2.01. The summed E-state index contributed by atoms with van der Waals surface area (Å²) >= 11 is 0. The summed E-state index contributed by atoms with van der Waals surface area (Å²) in [6, 6.07) is 11.4. The molecular weight excluding hydrogens is 596 g/mol. The molecular formula is C35H56O11. The first-order valence-corrected chi connectivity index (χ1v) is 15.8. The van der Waals surface area contributed by atoms with Crippen molar-refractivity contribution in [1.82, 2.24) is 0 Å². The summed E-state index contributed by atoms with van der Waals surface area (Å²) in [5.41, 5.74) is 2.61. The van der Waals surface area contributed by atoms with E-state index in [1.165, 1.54) is 0 Å². The minimum absolute atomic E-state index is 0.101. The van der Waals surface area contributed by atoms with E-state index in [9.17, 15) is 25.5 Å². The Labute approximate surface area is 274 Å². The summed E-state index contributed by atoms with van der Waals surface area (Å²) in [6.07, 6.45) is -2.56. The number of aliphatic hydroxyl groups excluding tert-OH is 4. The van der Waals surface area contributed by atoms with E-state index >= 15 is 0 Å². The van der Waals surface area contributed by atoms with Crippen LogP contribution < -0.4 is 4.74 Å². The molecule has 5 atom stereocenters. The average molecular weight is 653 g/mol. The van der Waals surface area contributed by atoms with E-state index in [4.69, 9.17) is 28.4 Å². The fourth-order valence-electron chi connectivity index (χ4n) is 4.79. The van der Waals surface area contributed by atoms with Gasteiger partial charge in [-0.1, -0.05) is 38.1 Å². The van der Waals surface area contributed by atoms with Gasteiger partial charge in [-0.2, -0.15) is 0 Å². The predicted octanol–water partition coefficient (Wildman–Crippen LogP) is 3.59. The van der Waals surface area contributed by atoms with Crippen LogP contribution in [0.3, 0.4) is 0 Å². The zero-order valence-corrected chi connectivity index (χ0v) is 28.7. The summed E-state index contributed by atoms with van der Waals surface area (Å²) < 4.78 is 34.5. The fourth-order valence-corrected chi connectivity index (χ4v) is 4.79. The van der Waals surface area contributed by atoms with Crippen molar-refractivity contribution in [2.24, 2.45) is 5.41 Å². The van der Waals surface area contributed by atoms with Crippen LogP contribution in [0.4, 0.5) is 0 Å². The number of hydrogen-bond acceptors (Lipinski definition) is 11. The summed E-state index contributed by atoms with van der Waals surface area (Å²) in [4.78, 5) is 0. The second kappa shape index (κ2) is 18.9. The maximum atomic E-state index is 10.6. The van der Waals surface area contributed by atoms with Gasteiger partial charge in [0, 0.05) is 5.41 Å². The average Bonchev–Trinajstić information content (AvgIpc) is 2.94. The van der Waals surface area contributed by atoms with Gasteiger partial charge >= 0.3 is 6.48 Å². The molecule has 0 spiro atoms. The number of phenols is 1.